The summed E-state index contributed by atoms with van der Waals surface area (Å²) in [6, 6.07) is 6.88. The van der Waals surface area contributed by atoms with Crippen LogP contribution in [0.5, 0.6) is 17.2 Å². The Morgan fingerprint density at radius 3 is 2.00 bits per heavy atom. The molecule has 1 atom stereocenters. The van der Waals surface area contributed by atoms with Crippen molar-refractivity contribution < 1.29 is 35.8 Å². The Morgan fingerprint density at radius 1 is 1.00 bits per heavy atom. The second kappa shape index (κ2) is 8.51. The first-order valence-electron chi connectivity index (χ1n) is 8.89. The van der Waals surface area contributed by atoms with E-state index in [4.69, 9.17) is 25.8 Å². The van der Waals surface area contributed by atoms with Gasteiger partial charge in [-0.3, -0.25) is 4.31 Å². The van der Waals surface area contributed by atoms with Crippen LogP contribution in [0, 0.1) is 0 Å². The highest BCUT2D eigenvalue weighted by Gasteiger charge is 2.45. The minimum atomic E-state index is -4.69. The Balaban J connectivity index is 2.16. The van der Waals surface area contributed by atoms with Crippen LogP contribution in [-0.2, 0) is 10.0 Å². The second-order valence-corrected chi connectivity index (χ2v) is 8.90. The smallest absolute Gasteiger partial charge is 0.414 e. The lowest BCUT2D eigenvalue weighted by Crippen LogP contribution is -2.27. The predicted octanol–water partition coefficient (Wildman–Crippen LogP) is 4.95. The third-order valence-corrected chi connectivity index (χ3v) is 6.86. The Kier molecular flexibility index (Phi) is 6.33. The van der Waals surface area contributed by atoms with Gasteiger partial charge in [-0.2, -0.15) is 13.2 Å². The first-order valence-corrected chi connectivity index (χ1v) is 10.7. The van der Waals surface area contributed by atoms with Gasteiger partial charge in [0.05, 0.1) is 37.8 Å². The molecule has 1 aliphatic heterocycles. The molecule has 11 heteroatoms. The van der Waals surface area contributed by atoms with Crippen molar-refractivity contribution in [3.05, 3.63) is 58.8 Å². The minimum Gasteiger partial charge on any atom is -0.493 e. The van der Waals surface area contributed by atoms with E-state index in [1.54, 1.807) is 0 Å². The van der Waals surface area contributed by atoms with Crippen molar-refractivity contribution in [2.45, 2.75) is 23.5 Å². The Labute approximate surface area is 182 Å². The third-order valence-electron chi connectivity index (χ3n) is 4.83. The number of rotatable bonds is 6. The van der Waals surface area contributed by atoms with Crippen LogP contribution in [0.2, 0.25) is 5.02 Å². The number of benzene rings is 2. The van der Waals surface area contributed by atoms with Crippen molar-refractivity contribution in [3.63, 3.8) is 0 Å². The first-order chi connectivity index (χ1) is 14.5. The molecule has 0 spiro atoms. The number of hydrogen-bond donors (Lipinski definition) is 0. The molecule has 0 N–H and O–H groups in total. The topological polar surface area (TPSA) is 65.1 Å². The highest BCUT2D eigenvalue weighted by Crippen LogP contribution is 2.48. The predicted molar refractivity (Wildman–Crippen MR) is 108 cm³/mol. The van der Waals surface area contributed by atoms with Crippen molar-refractivity contribution in [1.82, 2.24) is 4.31 Å². The average Bonchev–Trinajstić information content (AvgIpc) is 3.20. The van der Waals surface area contributed by atoms with Crippen molar-refractivity contribution in [2.75, 3.05) is 21.3 Å². The number of halogens is 4. The van der Waals surface area contributed by atoms with E-state index < -0.39 is 34.2 Å². The van der Waals surface area contributed by atoms with Gasteiger partial charge in [0.25, 0.3) is 10.0 Å². The Morgan fingerprint density at radius 2 is 1.55 bits per heavy atom. The lowest BCUT2D eigenvalue weighted by Gasteiger charge is -2.26. The molecular weight excluding hydrogens is 459 g/mol. The van der Waals surface area contributed by atoms with E-state index in [9.17, 15) is 21.6 Å². The van der Waals surface area contributed by atoms with Crippen molar-refractivity contribution in [1.29, 1.82) is 0 Å². The van der Waals surface area contributed by atoms with Crippen LogP contribution in [0.4, 0.5) is 13.2 Å². The summed E-state index contributed by atoms with van der Waals surface area (Å²) in [6.45, 7) is 0. The molecule has 0 saturated heterocycles. The molecule has 2 aromatic rings. The molecule has 0 amide bonds. The fourth-order valence-electron chi connectivity index (χ4n) is 3.31. The highest BCUT2D eigenvalue weighted by molar-refractivity contribution is 7.89. The zero-order valence-electron chi connectivity index (χ0n) is 16.7. The van der Waals surface area contributed by atoms with Gasteiger partial charge in [0.2, 0.25) is 5.75 Å². The summed E-state index contributed by atoms with van der Waals surface area (Å²) in [5, 5.41) is 0.299. The normalized spacial score (nSPS) is 16.8. The van der Waals surface area contributed by atoms with E-state index in [2.05, 4.69) is 0 Å². The van der Waals surface area contributed by atoms with Gasteiger partial charge in [-0.25, -0.2) is 8.42 Å². The van der Waals surface area contributed by atoms with Crippen molar-refractivity contribution in [2.24, 2.45) is 0 Å². The average molecular weight is 478 g/mol. The molecule has 3 rings (SSSR count). The molecular formula is C20H19ClF3NO5S. The summed E-state index contributed by atoms with van der Waals surface area (Å²) in [4.78, 5) is -0.186. The molecule has 31 heavy (non-hydrogen) atoms. The van der Waals surface area contributed by atoms with Crippen LogP contribution in [0.3, 0.4) is 0 Å². The fourth-order valence-corrected chi connectivity index (χ4v) is 4.95. The van der Waals surface area contributed by atoms with Gasteiger partial charge < -0.3 is 14.2 Å². The summed E-state index contributed by atoms with van der Waals surface area (Å²) in [5.41, 5.74) is -0.716. The van der Waals surface area contributed by atoms with Crippen LogP contribution in [0.25, 0.3) is 0 Å². The fraction of sp³-hybridized carbons (Fsp3) is 0.300. The Hall–Kier alpha value is -2.59. The van der Waals surface area contributed by atoms with Gasteiger partial charge in [-0.05, 0) is 42.0 Å². The maximum Gasteiger partial charge on any atom is 0.414 e. The van der Waals surface area contributed by atoms with Gasteiger partial charge in [-0.15, -0.1) is 0 Å². The first kappa shape index (κ1) is 23.1. The third kappa shape index (κ3) is 4.40. The number of hydrogen-bond acceptors (Lipinski definition) is 5. The maximum absolute atomic E-state index is 13.5. The number of nitrogens with zero attached hydrogens (tertiary/aromatic N) is 1. The second-order valence-electron chi connectivity index (χ2n) is 6.62. The summed E-state index contributed by atoms with van der Waals surface area (Å²) >= 11 is 5.82. The molecule has 0 bridgehead atoms. The Bertz CT molecular complexity index is 1080. The minimum absolute atomic E-state index is 0.186. The van der Waals surface area contributed by atoms with Gasteiger partial charge >= 0.3 is 6.18 Å². The van der Waals surface area contributed by atoms with Gasteiger partial charge in [0, 0.05) is 17.6 Å². The molecule has 0 aromatic heterocycles. The van der Waals surface area contributed by atoms with Crippen molar-refractivity contribution in [3.8, 4) is 17.2 Å². The van der Waals surface area contributed by atoms with Gasteiger partial charge in [-0.1, -0.05) is 11.6 Å². The van der Waals surface area contributed by atoms with Crippen LogP contribution in [-0.4, -0.2) is 40.2 Å². The highest BCUT2D eigenvalue weighted by atomic mass is 35.5. The van der Waals surface area contributed by atoms with Crippen LogP contribution >= 0.6 is 11.6 Å². The summed E-state index contributed by atoms with van der Waals surface area (Å²) in [5.74, 6) is 0.630. The van der Waals surface area contributed by atoms with Crippen LogP contribution in [0.1, 0.15) is 18.0 Å². The molecule has 1 heterocycles. The molecule has 2 aromatic carbocycles. The van der Waals surface area contributed by atoms with E-state index in [1.807, 2.05) is 0 Å². The van der Waals surface area contributed by atoms with E-state index in [-0.39, 0.29) is 27.7 Å². The van der Waals surface area contributed by atoms with Gasteiger partial charge in [0.15, 0.2) is 11.5 Å². The molecule has 6 nitrogen and oxygen atoms in total. The molecule has 1 unspecified atom stereocenters. The lowest BCUT2D eigenvalue weighted by molar-refractivity contribution is -0.0933. The quantitative estimate of drug-likeness (QED) is 0.589. The van der Waals surface area contributed by atoms with E-state index >= 15 is 0 Å². The number of sulfonamides is 1. The molecule has 0 aliphatic carbocycles. The summed E-state index contributed by atoms with van der Waals surface area (Å²) < 4.78 is 83.4. The number of ether oxygens (including phenoxy) is 3. The molecule has 0 fully saturated rings. The van der Waals surface area contributed by atoms with Crippen LogP contribution < -0.4 is 14.2 Å². The van der Waals surface area contributed by atoms with E-state index in [0.29, 0.717) is 15.5 Å². The zero-order chi connectivity index (χ0) is 23.0. The number of methoxy groups -OCH3 is 3. The van der Waals surface area contributed by atoms with E-state index in [1.165, 1.54) is 57.7 Å². The SMILES string of the molecule is COc1cc(C2CC(C(F)(F)F)=CN2S(=O)(=O)c2ccc(Cl)cc2)cc(OC)c1OC. The van der Waals surface area contributed by atoms with Crippen molar-refractivity contribution >= 4 is 21.6 Å². The van der Waals surface area contributed by atoms with Gasteiger partial charge in [0.1, 0.15) is 0 Å². The van der Waals surface area contributed by atoms with E-state index in [0.717, 1.165) is 0 Å². The zero-order valence-corrected chi connectivity index (χ0v) is 18.3. The standard InChI is InChI=1S/C20H19ClF3NO5S/c1-28-17-8-12(9-18(29-2)19(17)30-3)16-10-13(20(22,23)24)11-25(16)31(26,27)15-6-4-14(21)5-7-15/h4-9,11,16H,10H2,1-3H3. The monoisotopic (exact) mass is 477 g/mol. The molecule has 0 saturated carbocycles. The molecule has 0 radical (unpaired) electrons. The number of alkyl halides is 3. The van der Waals surface area contributed by atoms with Crippen LogP contribution in [0.15, 0.2) is 53.1 Å². The summed E-state index contributed by atoms with van der Waals surface area (Å²) in [7, 11) is -0.213. The lowest BCUT2D eigenvalue weighted by atomic mass is 10.0. The maximum atomic E-state index is 13.5. The largest absolute Gasteiger partial charge is 0.493 e. The molecule has 168 valence electrons. The molecule has 1 aliphatic rings. The summed E-state index contributed by atoms with van der Waals surface area (Å²) in [6.07, 6.45) is -4.64.